The number of amides is 1. The van der Waals surface area contributed by atoms with E-state index in [2.05, 4.69) is 60.0 Å². The second kappa shape index (κ2) is 29.9. The van der Waals surface area contributed by atoms with Crippen molar-refractivity contribution in [3.05, 3.63) is 122 Å². The molecule has 1 aliphatic rings. The Bertz CT molecular complexity index is 2900. The van der Waals surface area contributed by atoms with Crippen molar-refractivity contribution in [2.75, 3.05) is 28.4 Å². The fourth-order valence-corrected chi connectivity index (χ4v) is 15.4. The van der Waals surface area contributed by atoms with Crippen LogP contribution >= 0.6 is 0 Å². The molecule has 1 unspecified atom stereocenters. The van der Waals surface area contributed by atoms with Gasteiger partial charge in [0, 0.05) is 66.2 Å². The lowest BCUT2D eigenvalue weighted by molar-refractivity contribution is -0.159. The van der Waals surface area contributed by atoms with Crippen molar-refractivity contribution in [2.24, 2.45) is 29.6 Å². The molecule has 11 atom stereocenters. The highest BCUT2D eigenvalue weighted by molar-refractivity contribution is 6.99. The average molecular weight is 1150 g/mol. The van der Waals surface area contributed by atoms with Crippen LogP contribution in [0.5, 0.6) is 0 Å². The lowest BCUT2D eigenvalue weighted by atomic mass is 9.84. The summed E-state index contributed by atoms with van der Waals surface area (Å²) in [6.07, 6.45) is 12.1. The van der Waals surface area contributed by atoms with Gasteiger partial charge in [0.2, 0.25) is 24.1 Å². The molecule has 0 spiro atoms. The number of oxazole rings is 3. The Morgan fingerprint density at radius 3 is 2.06 bits per heavy atom. The maximum absolute atomic E-state index is 15.0. The van der Waals surface area contributed by atoms with Gasteiger partial charge in [-0.15, -0.1) is 0 Å². The summed E-state index contributed by atoms with van der Waals surface area (Å²) in [4.78, 5) is 81.8. The van der Waals surface area contributed by atoms with Crippen molar-refractivity contribution in [3.63, 3.8) is 0 Å². The number of benzene rings is 2. The highest BCUT2D eigenvalue weighted by Gasteiger charge is 2.52. The Morgan fingerprint density at radius 2 is 1.45 bits per heavy atom. The zero-order valence-electron chi connectivity index (χ0n) is 49.6. The van der Waals surface area contributed by atoms with Crippen LogP contribution in [0.2, 0.25) is 5.04 Å². The minimum absolute atomic E-state index is 0.106. The van der Waals surface area contributed by atoms with E-state index in [4.69, 9.17) is 41.4 Å². The zero-order valence-corrected chi connectivity index (χ0v) is 50.6. The third-order valence-electron chi connectivity index (χ3n) is 15.5. The van der Waals surface area contributed by atoms with Gasteiger partial charge in [0.25, 0.3) is 8.32 Å². The molecule has 82 heavy (non-hydrogen) atoms. The summed E-state index contributed by atoms with van der Waals surface area (Å²) >= 11 is 0. The maximum atomic E-state index is 15.0. The van der Waals surface area contributed by atoms with Crippen molar-refractivity contribution < 1.29 is 65.3 Å². The van der Waals surface area contributed by atoms with Gasteiger partial charge < -0.3 is 46.3 Å². The summed E-state index contributed by atoms with van der Waals surface area (Å²) in [6.45, 7) is 17.1. The van der Waals surface area contributed by atoms with E-state index in [1.807, 2.05) is 63.2 Å². The van der Waals surface area contributed by atoms with Gasteiger partial charge in [-0.05, 0) is 52.7 Å². The van der Waals surface area contributed by atoms with Crippen LogP contribution in [-0.2, 0) is 52.1 Å². The first-order valence-corrected chi connectivity index (χ1v) is 29.9. The normalized spacial score (nSPS) is 22.4. The summed E-state index contributed by atoms with van der Waals surface area (Å²) in [6, 6.07) is 20.2. The second-order valence-corrected chi connectivity index (χ2v) is 26.7. The molecule has 442 valence electrons. The molecule has 2 aromatic carbocycles. The number of ether oxygens (including phenoxy) is 5. The van der Waals surface area contributed by atoms with E-state index < -0.39 is 79.7 Å². The van der Waals surface area contributed by atoms with Crippen molar-refractivity contribution in [3.8, 4) is 23.2 Å². The quantitative estimate of drug-likeness (QED) is 0.0401. The van der Waals surface area contributed by atoms with E-state index in [-0.39, 0.29) is 66.8 Å². The molecule has 0 saturated heterocycles. The van der Waals surface area contributed by atoms with Crippen molar-refractivity contribution in [2.45, 2.75) is 143 Å². The van der Waals surface area contributed by atoms with Gasteiger partial charge in [0.15, 0.2) is 17.2 Å². The second-order valence-electron chi connectivity index (χ2n) is 22.4. The van der Waals surface area contributed by atoms with Gasteiger partial charge >= 0.3 is 11.9 Å². The number of aromatic nitrogens is 3. The number of carbonyl (C=O) groups is 5. The molecule has 19 heteroatoms. The van der Waals surface area contributed by atoms with Crippen LogP contribution in [0.4, 0.5) is 0 Å². The summed E-state index contributed by atoms with van der Waals surface area (Å²) in [5.74, 6) is -3.21. The van der Waals surface area contributed by atoms with Crippen molar-refractivity contribution >= 4 is 54.7 Å². The van der Waals surface area contributed by atoms with Gasteiger partial charge in [-0.2, -0.15) is 0 Å². The van der Waals surface area contributed by atoms with Gasteiger partial charge in [-0.3, -0.25) is 24.0 Å². The summed E-state index contributed by atoms with van der Waals surface area (Å²) in [7, 11) is 2.99. The number of ketones is 2. The van der Waals surface area contributed by atoms with Gasteiger partial charge in [0.1, 0.15) is 48.6 Å². The van der Waals surface area contributed by atoms with Crippen molar-refractivity contribution in [1.29, 1.82) is 0 Å². The average Bonchev–Trinajstić information content (AvgIpc) is 4.21. The fourth-order valence-electron chi connectivity index (χ4n) is 10.7. The highest BCUT2D eigenvalue weighted by atomic mass is 28.4. The number of esters is 2. The summed E-state index contributed by atoms with van der Waals surface area (Å²) in [5, 5.41) is 1.56. The number of rotatable bonds is 20. The number of carbonyl (C=O) groups excluding carboxylic acids is 5. The van der Waals surface area contributed by atoms with Crippen LogP contribution in [0.3, 0.4) is 0 Å². The van der Waals surface area contributed by atoms with Crippen LogP contribution in [0, 0.1) is 29.6 Å². The summed E-state index contributed by atoms with van der Waals surface area (Å²) < 4.78 is 55.6. The van der Waals surface area contributed by atoms with Gasteiger partial charge in [0.05, 0.1) is 36.6 Å². The maximum Gasteiger partial charge on any atom is 0.308 e. The Labute approximate surface area is 483 Å². The first-order chi connectivity index (χ1) is 39.1. The lowest BCUT2D eigenvalue weighted by Gasteiger charge is -2.45. The lowest BCUT2D eigenvalue weighted by Crippen LogP contribution is -2.67. The first-order valence-electron chi connectivity index (χ1n) is 28.0. The summed E-state index contributed by atoms with van der Waals surface area (Å²) in [5.41, 5.74) is 1.01. The molecule has 0 N–H and O–H groups in total. The highest BCUT2D eigenvalue weighted by Crippen LogP contribution is 2.39. The molecule has 4 heterocycles. The fraction of sp³-hybridized carbons (Fsp3) is 0.492. The van der Waals surface area contributed by atoms with Crippen LogP contribution in [-0.4, -0.2) is 117 Å². The van der Waals surface area contributed by atoms with Crippen LogP contribution < -0.4 is 10.4 Å². The van der Waals surface area contributed by atoms with E-state index >= 15 is 4.79 Å². The largest absolute Gasteiger partial charge is 0.462 e. The molecule has 0 saturated carbocycles. The minimum atomic E-state index is -3.30. The van der Waals surface area contributed by atoms with E-state index in [1.54, 1.807) is 59.5 Å². The number of hydrogen-bond acceptors (Lipinski definition) is 17. The van der Waals surface area contributed by atoms with E-state index in [0.29, 0.717) is 36.3 Å². The van der Waals surface area contributed by atoms with Crippen LogP contribution in [0.25, 0.3) is 29.2 Å². The Hall–Kier alpha value is -6.90. The Morgan fingerprint density at radius 1 is 0.829 bits per heavy atom. The van der Waals surface area contributed by atoms with Crippen LogP contribution in [0.1, 0.15) is 119 Å². The van der Waals surface area contributed by atoms with E-state index in [9.17, 15) is 19.2 Å². The third kappa shape index (κ3) is 16.4. The first kappa shape index (κ1) is 64.3. The molecule has 3 aromatic heterocycles. The number of fused-ring (bicyclic) bond motifs is 8. The number of hydrogen-bond donors (Lipinski definition) is 0. The SMILES string of the molecule is COC1c2coc(n2)-c2coc(n2)-c2coc(n2)/C=C/C[C@H](OC)[C@@H](C)[C@H](C[C@H](OC)[C@@H](C)CCC(=O)[C@H](C)[C@H](OC(C)=O)[C@H](C)/C=C/N(C)C=O)OC(=O)C[C@@H](O[Si](c2ccccc2)(c2ccccc2)C(C)(C)C)C/C=C/C(=O)[C@@H]1C. The van der Waals surface area contributed by atoms with E-state index in [0.717, 1.165) is 10.4 Å². The Balaban J connectivity index is 1.37. The molecular formula is C63H82N4O14Si. The number of methoxy groups -OCH3 is 3. The molecule has 18 nitrogen and oxygen atoms in total. The molecule has 5 aromatic rings. The number of Topliss-reactive ketones (excluding diaryl/α,β-unsaturated/α-hetero) is 1. The smallest absolute Gasteiger partial charge is 0.308 e. The molecule has 6 rings (SSSR count). The number of cyclic esters (lactones) is 1. The van der Waals surface area contributed by atoms with Gasteiger partial charge in [-0.1, -0.05) is 134 Å². The number of allylic oxidation sites excluding steroid dienone is 1. The minimum Gasteiger partial charge on any atom is -0.462 e. The molecule has 0 fully saturated rings. The Kier molecular flexibility index (Phi) is 23.4. The van der Waals surface area contributed by atoms with E-state index in [1.165, 1.54) is 43.8 Å². The molecule has 1 aliphatic heterocycles. The topological polar surface area (TPSA) is 222 Å². The predicted molar refractivity (Wildman–Crippen MR) is 311 cm³/mol. The van der Waals surface area contributed by atoms with Crippen molar-refractivity contribution in [1.82, 2.24) is 19.9 Å². The molecule has 1 amide bonds. The number of nitrogens with zero attached hydrogens (tertiary/aromatic N) is 4. The molecule has 0 radical (unpaired) electrons. The standard InChI is InChI=1S/C63H82N4O14Si/c1-40(30-31-53(71)42(3)59(79-45(6)69)41(2)32-33-67(10)39-68)55(74-12)35-56-44(5)54(73-11)28-21-29-57-64-50(37-76-57)61-66-51(38-78-61)62-65-49(36-77-62)60(75-13)43(4)52(70)27-20-22-46(34-58(72)80-56)81-82(63(7,8)9,47-23-16-14-17-24-47)48-25-18-15-19-26-48/h14-21,23-27,29,32-33,36-44,46,54-56,59-60H,22,28,30-31,34-35H2,1-13H3/b27-20+,29-21+,33-32+/t40-,41+,42-,43-,44+,46-,54-,55-,56-,59+,60?/m0/s1. The molecule has 6 bridgehead atoms. The third-order valence-corrected chi connectivity index (χ3v) is 20.6. The monoisotopic (exact) mass is 1150 g/mol. The molecular weight excluding hydrogens is 1060 g/mol. The van der Waals surface area contributed by atoms with Gasteiger partial charge in [-0.25, -0.2) is 15.0 Å². The zero-order chi connectivity index (χ0) is 59.7. The van der Waals surface area contributed by atoms with Crippen LogP contribution in [0.15, 0.2) is 123 Å². The predicted octanol–water partition coefficient (Wildman–Crippen LogP) is 10.3. The molecule has 0 aliphatic carbocycles.